The average Bonchev–Trinajstić information content (AvgIpc) is 3.14. The Labute approximate surface area is 154 Å². The molecule has 2 aromatic heterocycles. The average molecular weight is 358 g/mol. The largest absolute Gasteiger partial charge is 0.302 e. The van der Waals surface area contributed by atoms with Crippen LogP contribution in [0.4, 0.5) is 0 Å². The molecule has 4 rings (SSSR count). The van der Waals surface area contributed by atoms with Gasteiger partial charge >= 0.3 is 0 Å². The Morgan fingerprint density at radius 2 is 2.00 bits per heavy atom. The number of H-pyrrole nitrogens is 1. The van der Waals surface area contributed by atoms with Crippen LogP contribution in [0.15, 0.2) is 17.2 Å². The van der Waals surface area contributed by atoms with Crippen LogP contribution in [0, 0.1) is 10.8 Å². The van der Waals surface area contributed by atoms with Crippen LogP contribution in [0.5, 0.6) is 0 Å². The summed E-state index contributed by atoms with van der Waals surface area (Å²) in [5.41, 5.74) is 1.49. The molecule has 2 fully saturated rings. The summed E-state index contributed by atoms with van der Waals surface area (Å²) in [4.78, 5) is 25.9. The van der Waals surface area contributed by atoms with Gasteiger partial charge in [-0.25, -0.2) is 9.97 Å². The first-order valence-electron chi connectivity index (χ1n) is 9.69. The lowest BCUT2D eigenvalue weighted by Gasteiger charge is -2.42. The number of likely N-dealkylation sites (tertiary alicyclic amines) is 2. The molecule has 0 radical (unpaired) electrons. The lowest BCUT2D eigenvalue weighted by molar-refractivity contribution is 0.0672. The van der Waals surface area contributed by atoms with E-state index in [1.54, 1.807) is 6.07 Å². The number of hydrogen-bond acceptors (Lipinski definition) is 5. The Kier molecular flexibility index (Phi) is 4.39. The van der Waals surface area contributed by atoms with E-state index in [4.69, 9.17) is 0 Å². The number of hydrogen-bond donors (Lipinski definition) is 1. The number of nitrogens with one attached hydrogen (secondary N) is 1. The van der Waals surface area contributed by atoms with E-state index in [0.717, 1.165) is 25.3 Å². The van der Waals surface area contributed by atoms with Gasteiger partial charge in [0.05, 0.1) is 5.69 Å². The van der Waals surface area contributed by atoms with Crippen molar-refractivity contribution in [3.63, 3.8) is 0 Å². The van der Waals surface area contributed by atoms with E-state index in [1.165, 1.54) is 49.7 Å². The monoisotopic (exact) mass is 358 g/mol. The van der Waals surface area contributed by atoms with Crippen molar-refractivity contribution in [1.82, 2.24) is 29.4 Å². The fourth-order valence-electron chi connectivity index (χ4n) is 4.79. The minimum absolute atomic E-state index is 0.0922. The van der Waals surface area contributed by atoms with E-state index >= 15 is 0 Å². The molecule has 4 heterocycles. The number of nitrogens with zero attached hydrogens (tertiary/aromatic N) is 5. The van der Waals surface area contributed by atoms with E-state index in [-0.39, 0.29) is 5.56 Å². The molecule has 0 aliphatic carbocycles. The number of piperidine rings is 1. The van der Waals surface area contributed by atoms with Crippen LogP contribution in [-0.2, 0) is 6.54 Å². The van der Waals surface area contributed by atoms with Crippen molar-refractivity contribution in [1.29, 1.82) is 0 Å². The highest BCUT2D eigenvalue weighted by Gasteiger charge is 2.41. The second-order valence-electron chi connectivity index (χ2n) is 9.44. The second-order valence-corrected chi connectivity index (χ2v) is 9.44. The fourth-order valence-corrected chi connectivity index (χ4v) is 4.79. The molecule has 0 unspecified atom stereocenters. The van der Waals surface area contributed by atoms with Gasteiger partial charge in [-0.05, 0) is 43.2 Å². The summed E-state index contributed by atoms with van der Waals surface area (Å²) in [5, 5.41) is 2.79. The van der Waals surface area contributed by atoms with Gasteiger partial charge < -0.3 is 4.90 Å². The molecule has 0 bridgehead atoms. The van der Waals surface area contributed by atoms with Gasteiger partial charge in [-0.1, -0.05) is 20.8 Å². The van der Waals surface area contributed by atoms with Crippen LogP contribution >= 0.6 is 0 Å². The van der Waals surface area contributed by atoms with Crippen molar-refractivity contribution in [2.24, 2.45) is 10.8 Å². The molecule has 1 N–H and O–H groups in total. The first-order chi connectivity index (χ1) is 12.3. The van der Waals surface area contributed by atoms with Crippen molar-refractivity contribution in [3.05, 3.63) is 28.4 Å². The highest BCUT2D eigenvalue weighted by atomic mass is 16.1. The summed E-state index contributed by atoms with van der Waals surface area (Å²) < 4.78 is 1.38. The summed E-state index contributed by atoms with van der Waals surface area (Å²) in [6.07, 6.45) is 5.36. The minimum Gasteiger partial charge on any atom is -0.302 e. The minimum atomic E-state index is -0.0922. The van der Waals surface area contributed by atoms with Crippen LogP contribution in [0.2, 0.25) is 0 Å². The molecule has 2 saturated heterocycles. The summed E-state index contributed by atoms with van der Waals surface area (Å²) in [7, 11) is 0. The summed E-state index contributed by atoms with van der Waals surface area (Å²) in [6.45, 7) is 13.5. The highest BCUT2D eigenvalue weighted by molar-refractivity contribution is 5.26. The van der Waals surface area contributed by atoms with Gasteiger partial charge in [0.25, 0.3) is 11.3 Å². The Bertz CT molecular complexity index is 834. The summed E-state index contributed by atoms with van der Waals surface area (Å²) in [6, 6.07) is 1.63. The number of rotatable bonds is 3. The standard InChI is InChI=1S/C19H30N6O/c1-18(2,3)11-24-7-4-5-19(13-24)6-8-23(12-19)10-15-9-16(26)25-17(22-15)20-14-21-25/h9,14H,4-8,10-13H2,1-3H3,(H,20,21,22)/t19-/m1/s1. The third kappa shape index (κ3) is 3.69. The predicted octanol–water partition coefficient (Wildman–Crippen LogP) is 1.75. The fraction of sp³-hybridized carbons (Fsp3) is 0.737. The van der Waals surface area contributed by atoms with E-state index in [9.17, 15) is 4.79 Å². The zero-order valence-electron chi connectivity index (χ0n) is 16.2. The van der Waals surface area contributed by atoms with Gasteiger partial charge in [0, 0.05) is 32.2 Å². The van der Waals surface area contributed by atoms with Crippen LogP contribution in [0.25, 0.3) is 5.78 Å². The normalized spacial score (nSPS) is 25.5. The quantitative estimate of drug-likeness (QED) is 0.905. The molecule has 2 aromatic rings. The zero-order valence-corrected chi connectivity index (χ0v) is 16.2. The molecule has 7 nitrogen and oxygen atoms in total. The van der Waals surface area contributed by atoms with Gasteiger partial charge in [-0.2, -0.15) is 4.52 Å². The van der Waals surface area contributed by atoms with Crippen molar-refractivity contribution in [2.45, 2.75) is 46.6 Å². The maximum Gasteiger partial charge on any atom is 0.274 e. The van der Waals surface area contributed by atoms with Crippen molar-refractivity contribution in [3.8, 4) is 0 Å². The predicted molar refractivity (Wildman–Crippen MR) is 101 cm³/mol. The van der Waals surface area contributed by atoms with Crippen molar-refractivity contribution >= 4 is 5.78 Å². The maximum absolute atomic E-state index is 12.1. The zero-order chi connectivity index (χ0) is 18.4. The molecule has 142 valence electrons. The molecule has 0 amide bonds. The van der Waals surface area contributed by atoms with E-state index in [1.807, 2.05) is 0 Å². The van der Waals surface area contributed by atoms with Gasteiger partial charge in [0.15, 0.2) is 0 Å². The molecule has 7 heteroatoms. The number of aromatic nitrogens is 4. The molecule has 1 atom stereocenters. The van der Waals surface area contributed by atoms with Crippen molar-refractivity contribution < 1.29 is 0 Å². The molecular formula is C19H30N6O. The topological polar surface area (TPSA) is 69.5 Å². The molecule has 2 aliphatic heterocycles. The Balaban J connectivity index is 1.43. The lowest BCUT2D eigenvalue weighted by Crippen LogP contribution is -2.47. The van der Waals surface area contributed by atoms with Crippen LogP contribution in [0.3, 0.4) is 0 Å². The molecule has 0 aromatic carbocycles. The smallest absolute Gasteiger partial charge is 0.274 e. The maximum atomic E-state index is 12.1. The first-order valence-corrected chi connectivity index (χ1v) is 9.69. The van der Waals surface area contributed by atoms with Crippen LogP contribution in [0.1, 0.15) is 45.7 Å². The van der Waals surface area contributed by atoms with E-state index < -0.39 is 0 Å². The summed E-state index contributed by atoms with van der Waals surface area (Å²) >= 11 is 0. The van der Waals surface area contributed by atoms with E-state index in [2.05, 4.69) is 45.6 Å². The Morgan fingerprint density at radius 3 is 2.81 bits per heavy atom. The first kappa shape index (κ1) is 17.7. The highest BCUT2D eigenvalue weighted by Crippen LogP contribution is 2.40. The van der Waals surface area contributed by atoms with Gasteiger partial charge in [-0.15, -0.1) is 0 Å². The third-order valence-corrected chi connectivity index (χ3v) is 5.66. The number of aromatic amines is 1. The van der Waals surface area contributed by atoms with E-state index in [0.29, 0.717) is 16.6 Å². The molecule has 2 aliphatic rings. The SMILES string of the molecule is CC(C)(C)CN1CCC[C@]2(CCN(Cc3cc(=O)n4[nH]cnc4n3)C2)C1. The van der Waals surface area contributed by atoms with Gasteiger partial charge in [0.2, 0.25) is 0 Å². The Hall–Kier alpha value is -1.73. The lowest BCUT2D eigenvalue weighted by atomic mass is 9.78. The van der Waals surface area contributed by atoms with Crippen LogP contribution < -0.4 is 5.56 Å². The van der Waals surface area contributed by atoms with Gasteiger partial charge in [0.1, 0.15) is 6.33 Å². The third-order valence-electron chi connectivity index (χ3n) is 5.66. The summed E-state index contributed by atoms with van der Waals surface area (Å²) in [5.74, 6) is 0.454. The van der Waals surface area contributed by atoms with Crippen LogP contribution in [-0.4, -0.2) is 62.1 Å². The molecule has 0 saturated carbocycles. The molecular weight excluding hydrogens is 328 g/mol. The Morgan fingerprint density at radius 1 is 1.19 bits per heavy atom. The number of fused-ring (bicyclic) bond motifs is 1. The molecule has 26 heavy (non-hydrogen) atoms. The molecule has 1 spiro atoms. The van der Waals surface area contributed by atoms with Gasteiger partial charge in [-0.3, -0.25) is 14.8 Å². The second kappa shape index (κ2) is 6.46. The van der Waals surface area contributed by atoms with Crippen molar-refractivity contribution in [2.75, 3.05) is 32.7 Å².